The van der Waals surface area contributed by atoms with E-state index in [1.807, 2.05) is 20.8 Å². The summed E-state index contributed by atoms with van der Waals surface area (Å²) < 4.78 is 25.0. The maximum atomic E-state index is 12.5. The molecule has 0 saturated carbocycles. The Balaban J connectivity index is 2.56. The van der Waals surface area contributed by atoms with E-state index in [-0.39, 0.29) is 30.4 Å². The number of benzene rings is 1. The van der Waals surface area contributed by atoms with E-state index >= 15 is 0 Å². The number of hydrogen-bond acceptors (Lipinski definition) is 4. The van der Waals surface area contributed by atoms with Gasteiger partial charge in [0.15, 0.2) is 0 Å². The number of carbonyl (C=O) groups is 2. The van der Waals surface area contributed by atoms with Gasteiger partial charge >= 0.3 is 0 Å². The van der Waals surface area contributed by atoms with Crippen molar-refractivity contribution in [2.45, 2.75) is 37.0 Å². The molecule has 0 heterocycles. The number of rotatable bonds is 7. The smallest absolute Gasteiger partial charge is 0.288 e. The predicted molar refractivity (Wildman–Crippen MR) is 92.3 cm³/mol. The van der Waals surface area contributed by atoms with Gasteiger partial charge in [-0.2, -0.15) is 8.78 Å². The number of amides is 2. The summed E-state index contributed by atoms with van der Waals surface area (Å²) in [6.45, 7) is 5.66. The summed E-state index contributed by atoms with van der Waals surface area (Å²) in [7, 11) is 1.64. The van der Waals surface area contributed by atoms with Crippen molar-refractivity contribution in [3.63, 3.8) is 0 Å². The highest BCUT2D eigenvalue weighted by Gasteiger charge is 2.17. The highest BCUT2D eigenvalue weighted by molar-refractivity contribution is 7.99. The van der Waals surface area contributed by atoms with Crippen LogP contribution < -0.4 is 10.6 Å². The molecule has 0 saturated heterocycles. The van der Waals surface area contributed by atoms with Crippen molar-refractivity contribution in [3.05, 3.63) is 24.3 Å². The first kappa shape index (κ1) is 20.4. The third-order valence-corrected chi connectivity index (χ3v) is 3.51. The number of likely N-dealkylation sites (N-methyl/N-ethyl adjacent to an activating group) is 1. The van der Waals surface area contributed by atoms with Crippen LogP contribution in [0.3, 0.4) is 0 Å². The Morgan fingerprint density at radius 1 is 1.17 bits per heavy atom. The number of alkyl halides is 2. The number of para-hydroxylation sites is 1. The highest BCUT2D eigenvalue weighted by Crippen LogP contribution is 2.31. The van der Waals surface area contributed by atoms with E-state index in [2.05, 4.69) is 10.6 Å². The van der Waals surface area contributed by atoms with E-state index in [0.29, 0.717) is 22.3 Å². The molecule has 2 amide bonds. The van der Waals surface area contributed by atoms with Gasteiger partial charge in [-0.25, -0.2) is 0 Å². The van der Waals surface area contributed by atoms with Gasteiger partial charge in [0.25, 0.3) is 5.76 Å². The zero-order valence-corrected chi connectivity index (χ0v) is 15.0. The summed E-state index contributed by atoms with van der Waals surface area (Å²) in [5.41, 5.74) is -0.00800. The summed E-state index contributed by atoms with van der Waals surface area (Å²) in [6, 6.07) is 6.37. The molecule has 0 aliphatic heterocycles. The molecule has 134 valence electrons. The summed E-state index contributed by atoms with van der Waals surface area (Å²) >= 11 is 0.377. The zero-order valence-electron chi connectivity index (χ0n) is 14.2. The molecule has 0 spiro atoms. The van der Waals surface area contributed by atoms with Crippen LogP contribution in [0.4, 0.5) is 14.5 Å². The quantitative estimate of drug-likeness (QED) is 0.735. The molecule has 0 atom stereocenters. The molecular formula is C16H23F2N3O2S. The fourth-order valence-electron chi connectivity index (χ4n) is 1.96. The fourth-order valence-corrected chi connectivity index (χ4v) is 2.56. The zero-order chi connectivity index (χ0) is 18.3. The lowest BCUT2D eigenvalue weighted by Gasteiger charge is -2.23. The number of halogens is 2. The first-order chi connectivity index (χ1) is 11.1. The lowest BCUT2D eigenvalue weighted by Crippen LogP contribution is -2.46. The van der Waals surface area contributed by atoms with Gasteiger partial charge in [-0.1, -0.05) is 23.9 Å². The van der Waals surface area contributed by atoms with Gasteiger partial charge in [-0.3, -0.25) is 14.5 Å². The van der Waals surface area contributed by atoms with Crippen molar-refractivity contribution >= 4 is 29.3 Å². The Kier molecular flexibility index (Phi) is 7.62. The minimum absolute atomic E-state index is 0.0226. The topological polar surface area (TPSA) is 61.4 Å². The lowest BCUT2D eigenvalue weighted by atomic mass is 10.1. The third-order valence-electron chi connectivity index (χ3n) is 2.72. The number of thioether (sulfide) groups is 1. The molecule has 24 heavy (non-hydrogen) atoms. The average molecular weight is 359 g/mol. The van der Waals surface area contributed by atoms with Crippen LogP contribution in [0.2, 0.25) is 0 Å². The van der Waals surface area contributed by atoms with Crippen molar-refractivity contribution in [2.75, 3.05) is 25.5 Å². The van der Waals surface area contributed by atoms with Crippen molar-refractivity contribution in [3.8, 4) is 0 Å². The van der Waals surface area contributed by atoms with Gasteiger partial charge in [0.1, 0.15) is 0 Å². The van der Waals surface area contributed by atoms with E-state index in [0.717, 1.165) is 0 Å². The molecular weight excluding hydrogens is 336 g/mol. The third kappa shape index (κ3) is 8.26. The van der Waals surface area contributed by atoms with Crippen molar-refractivity contribution in [1.29, 1.82) is 0 Å². The monoisotopic (exact) mass is 359 g/mol. The Morgan fingerprint density at radius 2 is 1.75 bits per heavy atom. The fraction of sp³-hybridized carbons (Fsp3) is 0.500. The molecule has 0 unspecified atom stereocenters. The number of hydrogen-bond donors (Lipinski definition) is 2. The second-order valence-corrected chi connectivity index (χ2v) is 7.43. The van der Waals surface area contributed by atoms with Crippen LogP contribution in [0.25, 0.3) is 0 Å². The van der Waals surface area contributed by atoms with E-state index in [4.69, 9.17) is 0 Å². The van der Waals surface area contributed by atoms with Gasteiger partial charge in [0.05, 0.1) is 18.8 Å². The summed E-state index contributed by atoms with van der Waals surface area (Å²) in [4.78, 5) is 25.7. The van der Waals surface area contributed by atoms with E-state index < -0.39 is 5.76 Å². The number of carbonyl (C=O) groups excluding carboxylic acids is 2. The minimum Gasteiger partial charge on any atom is -0.350 e. The predicted octanol–water partition coefficient (Wildman–Crippen LogP) is 2.79. The molecule has 1 aromatic rings. The molecule has 0 bridgehead atoms. The molecule has 0 aromatic heterocycles. The summed E-state index contributed by atoms with van der Waals surface area (Å²) in [5, 5.41) is 5.41. The number of anilines is 1. The van der Waals surface area contributed by atoms with Gasteiger partial charge < -0.3 is 10.6 Å². The Morgan fingerprint density at radius 3 is 2.33 bits per heavy atom. The van der Waals surface area contributed by atoms with Crippen LogP contribution in [0.5, 0.6) is 0 Å². The van der Waals surface area contributed by atoms with Crippen molar-refractivity contribution in [2.24, 2.45) is 0 Å². The van der Waals surface area contributed by atoms with Gasteiger partial charge in [0.2, 0.25) is 11.8 Å². The molecule has 5 nitrogen and oxygen atoms in total. The first-order valence-corrected chi connectivity index (χ1v) is 8.28. The van der Waals surface area contributed by atoms with E-state index in [1.54, 1.807) is 30.1 Å². The SMILES string of the molecule is CN(CC(=O)Nc1ccccc1SC(F)F)CC(=O)NC(C)(C)C. The Labute approximate surface area is 145 Å². The second kappa shape index (κ2) is 8.98. The van der Waals surface area contributed by atoms with Crippen LogP contribution >= 0.6 is 11.8 Å². The Hall–Kier alpha value is -1.67. The largest absolute Gasteiger partial charge is 0.350 e. The van der Waals surface area contributed by atoms with Crippen LogP contribution in [-0.2, 0) is 9.59 Å². The van der Waals surface area contributed by atoms with Crippen molar-refractivity contribution in [1.82, 2.24) is 10.2 Å². The maximum Gasteiger partial charge on any atom is 0.288 e. The lowest BCUT2D eigenvalue weighted by molar-refractivity contribution is -0.124. The van der Waals surface area contributed by atoms with Crippen molar-refractivity contribution < 1.29 is 18.4 Å². The van der Waals surface area contributed by atoms with Crippen LogP contribution in [0.15, 0.2) is 29.2 Å². The average Bonchev–Trinajstić information content (AvgIpc) is 2.37. The highest BCUT2D eigenvalue weighted by atomic mass is 32.2. The maximum absolute atomic E-state index is 12.5. The molecule has 0 aliphatic carbocycles. The van der Waals surface area contributed by atoms with Crippen LogP contribution in [0, 0.1) is 0 Å². The summed E-state index contributed by atoms with van der Waals surface area (Å²) in [5.74, 6) is -3.12. The van der Waals surface area contributed by atoms with E-state index in [9.17, 15) is 18.4 Å². The van der Waals surface area contributed by atoms with Crippen LogP contribution in [-0.4, -0.2) is 48.1 Å². The normalized spacial score (nSPS) is 11.7. The minimum atomic E-state index is -2.56. The first-order valence-electron chi connectivity index (χ1n) is 7.40. The molecule has 1 rings (SSSR count). The van der Waals surface area contributed by atoms with E-state index in [1.165, 1.54) is 6.07 Å². The van der Waals surface area contributed by atoms with Gasteiger partial charge in [-0.15, -0.1) is 0 Å². The standard InChI is InChI=1S/C16H23F2N3O2S/c1-16(2,3)20-14(23)10-21(4)9-13(22)19-11-7-5-6-8-12(11)24-15(17)18/h5-8,15H,9-10H2,1-4H3,(H,19,22)(H,20,23). The van der Waals surface area contributed by atoms with Gasteiger partial charge in [0, 0.05) is 10.4 Å². The molecule has 2 N–H and O–H groups in total. The molecule has 8 heteroatoms. The molecule has 0 radical (unpaired) electrons. The van der Waals surface area contributed by atoms with Gasteiger partial charge in [-0.05, 0) is 40.0 Å². The molecule has 0 fully saturated rings. The molecule has 0 aliphatic rings. The number of nitrogens with one attached hydrogen (secondary N) is 2. The second-order valence-electron chi connectivity index (χ2n) is 6.39. The number of nitrogens with zero attached hydrogens (tertiary/aromatic N) is 1. The Bertz CT molecular complexity index is 577. The molecule has 1 aromatic carbocycles. The summed E-state index contributed by atoms with van der Waals surface area (Å²) in [6.07, 6.45) is 0. The van der Waals surface area contributed by atoms with Crippen LogP contribution in [0.1, 0.15) is 20.8 Å².